The summed E-state index contributed by atoms with van der Waals surface area (Å²) in [6.45, 7) is 6.88. The summed E-state index contributed by atoms with van der Waals surface area (Å²) in [5.41, 5.74) is 4.15. The Labute approximate surface area is 171 Å². The van der Waals surface area contributed by atoms with E-state index in [9.17, 15) is 9.90 Å². The third kappa shape index (κ3) is 3.55. The van der Waals surface area contributed by atoms with Gasteiger partial charge < -0.3 is 15.0 Å². The summed E-state index contributed by atoms with van der Waals surface area (Å²) in [6, 6.07) is 13.9. The molecule has 152 valence electrons. The normalized spacial score (nSPS) is 16.4. The maximum atomic E-state index is 13.0. The monoisotopic (exact) mass is 391 g/mol. The molecule has 2 N–H and O–H groups in total. The Kier molecular flexibility index (Phi) is 5.17. The molecule has 1 amide bonds. The first kappa shape index (κ1) is 19.6. The maximum Gasteiger partial charge on any atom is 0.237 e. The highest BCUT2D eigenvalue weighted by molar-refractivity contribution is 6.09. The number of hydrogen-bond acceptors (Lipinski definition) is 3. The molecule has 4 rings (SSSR count). The van der Waals surface area contributed by atoms with Gasteiger partial charge in [-0.3, -0.25) is 4.79 Å². The number of fused-ring (bicyclic) bond motifs is 2. The van der Waals surface area contributed by atoms with Gasteiger partial charge in [0, 0.05) is 13.0 Å². The number of nitrogens with zero attached hydrogens (tertiary/aromatic N) is 2. The number of hydrogen-bond donors (Lipinski definition) is 2. The van der Waals surface area contributed by atoms with Gasteiger partial charge in [-0.15, -0.1) is 0 Å². The molecule has 1 unspecified atom stereocenters. The lowest BCUT2D eigenvalue weighted by atomic mass is 9.86. The second-order valence-corrected chi connectivity index (χ2v) is 8.50. The number of aliphatic hydroxyl groups excluding tert-OH is 1. The molecule has 2 heterocycles. The molecule has 1 aliphatic heterocycles. The van der Waals surface area contributed by atoms with Crippen LogP contribution >= 0.6 is 0 Å². The van der Waals surface area contributed by atoms with E-state index < -0.39 is 11.5 Å². The lowest BCUT2D eigenvalue weighted by Gasteiger charge is -2.20. The van der Waals surface area contributed by atoms with E-state index in [2.05, 4.69) is 16.9 Å². The lowest BCUT2D eigenvalue weighted by molar-refractivity contribution is -0.122. The highest BCUT2D eigenvalue weighted by Crippen LogP contribution is 2.43. The zero-order valence-corrected chi connectivity index (χ0v) is 17.4. The lowest BCUT2D eigenvalue weighted by Crippen LogP contribution is -2.36. The van der Waals surface area contributed by atoms with Crippen LogP contribution in [0.5, 0.6) is 0 Å². The molecule has 5 nitrogen and oxygen atoms in total. The van der Waals surface area contributed by atoms with Crippen LogP contribution in [0.1, 0.15) is 63.1 Å². The van der Waals surface area contributed by atoms with E-state index in [0.29, 0.717) is 12.2 Å². The van der Waals surface area contributed by atoms with Crippen molar-refractivity contribution in [2.45, 2.75) is 58.0 Å². The smallest absolute Gasteiger partial charge is 0.237 e. The Morgan fingerprint density at radius 3 is 2.66 bits per heavy atom. The van der Waals surface area contributed by atoms with Gasteiger partial charge >= 0.3 is 0 Å². The second-order valence-electron chi connectivity index (χ2n) is 8.50. The van der Waals surface area contributed by atoms with Gasteiger partial charge in [0.2, 0.25) is 5.91 Å². The molecule has 0 fully saturated rings. The topological polar surface area (TPSA) is 69.2 Å². The number of imidazole rings is 1. The summed E-state index contributed by atoms with van der Waals surface area (Å²) in [7, 11) is 0. The molecule has 1 aromatic heterocycles. The number of carbonyl (C=O) groups excluding carboxylic acids is 1. The van der Waals surface area contributed by atoms with Crippen LogP contribution < -0.4 is 4.90 Å². The van der Waals surface area contributed by atoms with E-state index in [-0.39, 0.29) is 5.91 Å². The fourth-order valence-electron chi connectivity index (χ4n) is 4.19. The largest absolute Gasteiger partial charge is 0.385 e. The standard InChI is InChI=1S/C24H29N3O2/c1-4-5-9-12-27-20-15-19-18(14-17(20)24(2,3)23(27)29)25-22(26-19)21(28)13-16-10-7-6-8-11-16/h6-8,10-11,14-15,21,28H,4-5,9,12-13H2,1-3H3,(H,25,26). The number of nitrogens with one attached hydrogen (secondary N) is 1. The van der Waals surface area contributed by atoms with Gasteiger partial charge in [0.05, 0.1) is 22.1 Å². The first-order valence-electron chi connectivity index (χ1n) is 10.5. The van der Waals surface area contributed by atoms with Crippen molar-refractivity contribution in [3.63, 3.8) is 0 Å². The third-order valence-electron chi connectivity index (χ3n) is 5.93. The van der Waals surface area contributed by atoms with Gasteiger partial charge in [0.25, 0.3) is 0 Å². The SMILES string of the molecule is CCCCCN1C(=O)C(C)(C)c2cc3[nH]c(C(O)Cc4ccccc4)nc3cc21. The predicted octanol–water partition coefficient (Wildman–Crippen LogP) is 4.65. The van der Waals surface area contributed by atoms with Gasteiger partial charge in [0.1, 0.15) is 11.9 Å². The molecule has 1 aliphatic rings. The second kappa shape index (κ2) is 7.64. The van der Waals surface area contributed by atoms with Gasteiger partial charge in [0.15, 0.2) is 0 Å². The summed E-state index contributed by atoms with van der Waals surface area (Å²) in [5, 5.41) is 10.7. The van der Waals surface area contributed by atoms with E-state index in [1.165, 1.54) is 0 Å². The molecule has 1 atom stereocenters. The molecule has 0 radical (unpaired) electrons. The Balaban J connectivity index is 1.66. The summed E-state index contributed by atoms with van der Waals surface area (Å²) < 4.78 is 0. The highest BCUT2D eigenvalue weighted by atomic mass is 16.3. The fraction of sp³-hybridized carbons (Fsp3) is 0.417. The van der Waals surface area contributed by atoms with Gasteiger partial charge in [-0.25, -0.2) is 4.98 Å². The van der Waals surface area contributed by atoms with Crippen molar-refractivity contribution in [2.24, 2.45) is 0 Å². The van der Waals surface area contributed by atoms with Crippen molar-refractivity contribution in [1.29, 1.82) is 0 Å². The van der Waals surface area contributed by atoms with E-state index in [4.69, 9.17) is 0 Å². The van der Waals surface area contributed by atoms with Crippen molar-refractivity contribution in [3.05, 3.63) is 59.4 Å². The number of anilines is 1. The molecule has 29 heavy (non-hydrogen) atoms. The Hall–Kier alpha value is -2.66. The highest BCUT2D eigenvalue weighted by Gasteiger charge is 2.44. The van der Waals surface area contributed by atoms with Crippen LogP contribution in [-0.4, -0.2) is 27.5 Å². The van der Waals surface area contributed by atoms with E-state index >= 15 is 0 Å². The minimum absolute atomic E-state index is 0.153. The van der Waals surface area contributed by atoms with Crippen LogP contribution in [-0.2, 0) is 16.6 Å². The number of benzene rings is 2. The number of H-pyrrole nitrogens is 1. The molecule has 0 saturated carbocycles. The number of aliphatic hydroxyl groups is 1. The van der Waals surface area contributed by atoms with E-state index in [0.717, 1.165) is 53.7 Å². The maximum absolute atomic E-state index is 13.0. The van der Waals surface area contributed by atoms with Crippen molar-refractivity contribution >= 4 is 22.6 Å². The van der Waals surface area contributed by atoms with Crippen LogP contribution in [0.2, 0.25) is 0 Å². The summed E-state index contributed by atoms with van der Waals surface area (Å²) in [4.78, 5) is 22.8. The van der Waals surface area contributed by atoms with Crippen molar-refractivity contribution in [1.82, 2.24) is 9.97 Å². The Bertz CT molecular complexity index is 1020. The van der Waals surface area contributed by atoms with Gasteiger partial charge in [-0.1, -0.05) is 50.1 Å². The average molecular weight is 392 g/mol. The average Bonchev–Trinajstić information content (AvgIpc) is 3.20. The number of aromatic amines is 1. The molecule has 5 heteroatoms. The Morgan fingerprint density at radius 2 is 1.93 bits per heavy atom. The van der Waals surface area contributed by atoms with E-state index in [1.54, 1.807) is 0 Å². The Morgan fingerprint density at radius 1 is 1.17 bits per heavy atom. The first-order chi connectivity index (χ1) is 13.9. The summed E-state index contributed by atoms with van der Waals surface area (Å²) in [6.07, 6.45) is 3.04. The van der Waals surface area contributed by atoms with Crippen LogP contribution in [0.15, 0.2) is 42.5 Å². The quantitative estimate of drug-likeness (QED) is 0.576. The van der Waals surface area contributed by atoms with Crippen LogP contribution in [0.4, 0.5) is 5.69 Å². The van der Waals surface area contributed by atoms with Gasteiger partial charge in [-0.05, 0) is 43.5 Å². The minimum Gasteiger partial charge on any atom is -0.385 e. The molecule has 0 aliphatic carbocycles. The predicted molar refractivity (Wildman–Crippen MR) is 116 cm³/mol. The molecule has 3 aromatic rings. The third-order valence-corrected chi connectivity index (χ3v) is 5.93. The van der Waals surface area contributed by atoms with Crippen LogP contribution in [0.3, 0.4) is 0 Å². The van der Waals surface area contributed by atoms with Crippen LogP contribution in [0, 0.1) is 0 Å². The zero-order chi connectivity index (χ0) is 20.6. The van der Waals surface area contributed by atoms with Gasteiger partial charge in [-0.2, -0.15) is 0 Å². The molecule has 0 saturated heterocycles. The number of rotatable bonds is 7. The summed E-state index contributed by atoms with van der Waals surface area (Å²) >= 11 is 0. The number of aromatic nitrogens is 2. The van der Waals surface area contributed by atoms with Crippen molar-refractivity contribution in [3.8, 4) is 0 Å². The molecule has 2 aromatic carbocycles. The number of unbranched alkanes of at least 4 members (excludes halogenated alkanes) is 2. The molecular formula is C24H29N3O2. The summed E-state index contributed by atoms with van der Waals surface area (Å²) in [5.74, 6) is 0.717. The first-order valence-corrected chi connectivity index (χ1v) is 10.5. The van der Waals surface area contributed by atoms with Crippen molar-refractivity contribution < 1.29 is 9.90 Å². The number of carbonyl (C=O) groups is 1. The van der Waals surface area contributed by atoms with E-state index in [1.807, 2.05) is 61.2 Å². The fourth-order valence-corrected chi connectivity index (χ4v) is 4.19. The molecule has 0 spiro atoms. The van der Waals surface area contributed by atoms with Crippen LogP contribution in [0.25, 0.3) is 11.0 Å². The minimum atomic E-state index is -0.699. The molecular weight excluding hydrogens is 362 g/mol. The molecule has 0 bridgehead atoms. The number of amides is 1. The van der Waals surface area contributed by atoms with Crippen molar-refractivity contribution in [2.75, 3.05) is 11.4 Å². The zero-order valence-electron chi connectivity index (χ0n) is 17.4.